The summed E-state index contributed by atoms with van der Waals surface area (Å²) < 4.78 is 64.8. The third-order valence-corrected chi connectivity index (χ3v) is 4.62. The van der Waals surface area contributed by atoms with Crippen LogP contribution in [0.1, 0.15) is 5.56 Å². The number of hydrogen-bond donors (Lipinski definition) is 3. The second-order valence-electron chi connectivity index (χ2n) is 4.97. The van der Waals surface area contributed by atoms with Crippen LogP contribution in [0.15, 0.2) is 52.2 Å². The number of benzene rings is 2. The zero-order chi connectivity index (χ0) is 17.5. The van der Waals surface area contributed by atoms with Crippen molar-refractivity contribution in [3.8, 4) is 0 Å². The predicted molar refractivity (Wildman–Crippen MR) is 81.2 cm³/mol. The van der Waals surface area contributed by atoms with Gasteiger partial charge in [0.1, 0.15) is 0 Å². The summed E-state index contributed by atoms with van der Waals surface area (Å²) in [4.78, 5) is 15.9. The molecule has 1 aromatic heterocycles. The number of rotatable bonds is 3. The van der Waals surface area contributed by atoms with Gasteiger partial charge in [-0.3, -0.25) is 4.72 Å². The maximum Gasteiger partial charge on any atom is 0.416 e. The Morgan fingerprint density at radius 3 is 2.38 bits per heavy atom. The largest absolute Gasteiger partial charge is 0.416 e. The van der Waals surface area contributed by atoms with E-state index in [0.717, 1.165) is 12.1 Å². The van der Waals surface area contributed by atoms with E-state index in [9.17, 15) is 26.4 Å². The third-order valence-electron chi connectivity index (χ3n) is 3.24. The molecule has 0 fully saturated rings. The first-order chi connectivity index (χ1) is 11.1. The number of halogens is 3. The van der Waals surface area contributed by atoms with Crippen LogP contribution in [0.25, 0.3) is 11.0 Å². The number of fused-ring (bicyclic) bond motifs is 1. The van der Waals surface area contributed by atoms with Gasteiger partial charge in [0.05, 0.1) is 21.5 Å². The molecule has 2 aromatic carbocycles. The lowest BCUT2D eigenvalue weighted by Gasteiger charge is -2.11. The number of nitrogens with one attached hydrogen (secondary N) is 3. The molecular formula is C14H10F3N3O3S. The molecule has 24 heavy (non-hydrogen) atoms. The number of aromatic amines is 2. The maximum atomic E-state index is 12.7. The highest BCUT2D eigenvalue weighted by molar-refractivity contribution is 7.92. The van der Waals surface area contributed by atoms with Crippen molar-refractivity contribution >= 4 is 26.7 Å². The van der Waals surface area contributed by atoms with Crippen molar-refractivity contribution in [2.24, 2.45) is 0 Å². The molecule has 0 saturated heterocycles. The highest BCUT2D eigenvalue weighted by atomic mass is 32.2. The number of sulfonamides is 1. The van der Waals surface area contributed by atoms with E-state index >= 15 is 0 Å². The van der Waals surface area contributed by atoms with Gasteiger partial charge in [-0.1, -0.05) is 6.07 Å². The smallest absolute Gasteiger partial charge is 0.306 e. The number of aromatic nitrogens is 2. The summed E-state index contributed by atoms with van der Waals surface area (Å²) >= 11 is 0. The van der Waals surface area contributed by atoms with Crippen molar-refractivity contribution in [3.63, 3.8) is 0 Å². The monoisotopic (exact) mass is 357 g/mol. The normalized spacial score (nSPS) is 12.5. The lowest BCUT2D eigenvalue weighted by molar-refractivity contribution is -0.137. The Hall–Kier alpha value is -2.75. The molecule has 0 bridgehead atoms. The first-order valence-electron chi connectivity index (χ1n) is 6.57. The quantitative estimate of drug-likeness (QED) is 0.673. The summed E-state index contributed by atoms with van der Waals surface area (Å²) in [6.07, 6.45) is -4.58. The van der Waals surface area contributed by atoms with Crippen molar-refractivity contribution in [2.45, 2.75) is 11.1 Å². The number of imidazole rings is 1. The molecule has 10 heteroatoms. The van der Waals surface area contributed by atoms with Crippen molar-refractivity contribution in [2.75, 3.05) is 4.72 Å². The van der Waals surface area contributed by atoms with E-state index in [-0.39, 0.29) is 16.1 Å². The zero-order valence-corrected chi connectivity index (χ0v) is 12.6. The highest BCUT2D eigenvalue weighted by Gasteiger charge is 2.30. The van der Waals surface area contributed by atoms with Gasteiger partial charge in [-0.05, 0) is 36.4 Å². The summed E-state index contributed by atoms with van der Waals surface area (Å²) in [5.74, 6) is 0. The molecule has 0 unspecified atom stereocenters. The highest BCUT2D eigenvalue weighted by Crippen LogP contribution is 2.31. The van der Waals surface area contributed by atoms with E-state index in [1.54, 1.807) is 0 Å². The topological polar surface area (TPSA) is 94.8 Å². The van der Waals surface area contributed by atoms with E-state index < -0.39 is 27.5 Å². The van der Waals surface area contributed by atoms with Crippen molar-refractivity contribution in [3.05, 3.63) is 58.5 Å². The minimum atomic E-state index is -4.58. The fraction of sp³-hybridized carbons (Fsp3) is 0.0714. The Bertz CT molecular complexity index is 1070. The molecule has 0 aliphatic rings. The number of alkyl halides is 3. The molecule has 0 atom stereocenters. The molecule has 3 aromatic rings. The van der Waals surface area contributed by atoms with Gasteiger partial charge in [-0.25, -0.2) is 13.2 Å². The van der Waals surface area contributed by atoms with Crippen LogP contribution in [0.5, 0.6) is 0 Å². The SMILES string of the molecule is O=c1[nH]c2ccc(S(=O)(=O)Nc3cccc(C(F)(F)F)c3)cc2[nH]1. The van der Waals surface area contributed by atoms with E-state index in [0.29, 0.717) is 11.6 Å². The van der Waals surface area contributed by atoms with Gasteiger partial charge in [0, 0.05) is 5.69 Å². The van der Waals surface area contributed by atoms with Crippen molar-refractivity contribution < 1.29 is 21.6 Å². The summed E-state index contributed by atoms with van der Waals surface area (Å²) in [6, 6.07) is 7.69. The maximum absolute atomic E-state index is 12.7. The molecule has 3 N–H and O–H groups in total. The first kappa shape index (κ1) is 16.1. The summed E-state index contributed by atoms with van der Waals surface area (Å²) in [7, 11) is -4.11. The van der Waals surface area contributed by atoms with Crippen LogP contribution < -0.4 is 10.4 Å². The lowest BCUT2D eigenvalue weighted by atomic mass is 10.2. The molecule has 0 aliphatic heterocycles. The van der Waals surface area contributed by atoms with Crippen LogP contribution in [-0.4, -0.2) is 18.4 Å². The molecule has 1 heterocycles. The minimum absolute atomic E-state index is 0.192. The van der Waals surface area contributed by atoms with Gasteiger partial charge in [0.2, 0.25) is 0 Å². The van der Waals surface area contributed by atoms with Crippen LogP contribution in [0.4, 0.5) is 18.9 Å². The molecule has 0 radical (unpaired) electrons. The summed E-state index contributed by atoms with van der Waals surface area (Å²) in [6.45, 7) is 0. The molecule has 0 aliphatic carbocycles. The summed E-state index contributed by atoms with van der Waals surface area (Å²) in [5, 5.41) is 0. The average molecular weight is 357 g/mol. The van der Waals surface area contributed by atoms with Gasteiger partial charge in [-0.15, -0.1) is 0 Å². The zero-order valence-electron chi connectivity index (χ0n) is 11.8. The Labute approximate surface area is 133 Å². The number of anilines is 1. The van der Waals surface area contributed by atoms with Gasteiger partial charge in [0.25, 0.3) is 10.0 Å². The molecule has 0 spiro atoms. The van der Waals surface area contributed by atoms with Crippen molar-refractivity contribution in [1.82, 2.24) is 9.97 Å². The minimum Gasteiger partial charge on any atom is -0.306 e. The second-order valence-corrected chi connectivity index (χ2v) is 6.65. The Kier molecular flexibility index (Phi) is 3.63. The molecule has 126 valence electrons. The average Bonchev–Trinajstić information content (AvgIpc) is 2.85. The van der Waals surface area contributed by atoms with Gasteiger partial charge in [0.15, 0.2) is 0 Å². The van der Waals surface area contributed by atoms with Crippen LogP contribution >= 0.6 is 0 Å². The van der Waals surface area contributed by atoms with E-state index in [1.165, 1.54) is 24.3 Å². The van der Waals surface area contributed by atoms with Gasteiger partial charge >= 0.3 is 11.9 Å². The van der Waals surface area contributed by atoms with E-state index in [4.69, 9.17) is 0 Å². The van der Waals surface area contributed by atoms with Crippen molar-refractivity contribution in [1.29, 1.82) is 0 Å². The Morgan fingerprint density at radius 1 is 0.958 bits per heavy atom. The predicted octanol–water partition coefficient (Wildman–Crippen LogP) is 2.68. The van der Waals surface area contributed by atoms with Crippen LogP contribution in [0.3, 0.4) is 0 Å². The number of hydrogen-bond acceptors (Lipinski definition) is 3. The molecule has 3 rings (SSSR count). The van der Waals surface area contributed by atoms with E-state index in [2.05, 4.69) is 14.7 Å². The van der Waals surface area contributed by atoms with Crippen LogP contribution in [0, 0.1) is 0 Å². The molecule has 6 nitrogen and oxygen atoms in total. The van der Waals surface area contributed by atoms with Gasteiger partial charge in [-0.2, -0.15) is 13.2 Å². The molecular weight excluding hydrogens is 347 g/mol. The third kappa shape index (κ3) is 3.13. The molecule has 0 saturated carbocycles. The standard InChI is InChI=1S/C14H10F3N3O3S/c15-14(16,17)8-2-1-3-9(6-8)20-24(22,23)10-4-5-11-12(7-10)19-13(21)18-11/h1-7,20H,(H2,18,19,21). The fourth-order valence-electron chi connectivity index (χ4n) is 2.15. The van der Waals surface area contributed by atoms with Gasteiger partial charge < -0.3 is 9.97 Å². The Balaban J connectivity index is 1.97. The van der Waals surface area contributed by atoms with Crippen LogP contribution in [-0.2, 0) is 16.2 Å². The fourth-order valence-corrected chi connectivity index (χ4v) is 3.23. The van der Waals surface area contributed by atoms with Crippen LogP contribution in [0.2, 0.25) is 0 Å². The van der Waals surface area contributed by atoms with E-state index in [1.807, 2.05) is 0 Å². The summed E-state index contributed by atoms with van der Waals surface area (Å²) in [5.41, 5.74) is -0.990. The second kappa shape index (κ2) is 5.41. The number of H-pyrrole nitrogens is 2. The lowest BCUT2D eigenvalue weighted by Crippen LogP contribution is -2.14. The molecule has 0 amide bonds. The first-order valence-corrected chi connectivity index (χ1v) is 8.06. The Morgan fingerprint density at radius 2 is 1.67 bits per heavy atom.